The number of hydrogen-bond donors (Lipinski definition) is 0. The fourth-order valence-corrected chi connectivity index (χ4v) is 2.94. The highest BCUT2D eigenvalue weighted by Crippen LogP contribution is 2.14. The summed E-state index contributed by atoms with van der Waals surface area (Å²) in [5.74, 6) is 0. The van der Waals surface area contributed by atoms with Crippen molar-refractivity contribution < 1.29 is 9.36 Å². The van der Waals surface area contributed by atoms with Crippen LogP contribution in [-0.4, -0.2) is 5.52 Å². The van der Waals surface area contributed by atoms with Crippen LogP contribution >= 0.6 is 8.46 Å². The smallest absolute Gasteiger partial charge is 0.231 e. The van der Waals surface area contributed by atoms with Gasteiger partial charge in [-0.1, -0.05) is 96.8 Å². The Bertz CT molecular complexity index is 241. The molecule has 0 saturated heterocycles. The Labute approximate surface area is 133 Å². The molecule has 0 heterocycles. The second-order valence-corrected chi connectivity index (χ2v) is 6.87. The summed E-state index contributed by atoms with van der Waals surface area (Å²) in [7, 11) is -0.312. The second-order valence-electron chi connectivity index (χ2n) is 6.18. The van der Waals surface area contributed by atoms with Crippen LogP contribution in [0.2, 0.25) is 0 Å². The summed E-state index contributed by atoms with van der Waals surface area (Å²) >= 11 is 0. The van der Waals surface area contributed by atoms with Gasteiger partial charge in [-0.25, -0.2) is 0 Å². The Hall–Kier alpha value is -0.230. The highest BCUT2D eigenvalue weighted by Gasteiger charge is 1.99. The van der Waals surface area contributed by atoms with Gasteiger partial charge in [0, 0.05) is 6.42 Å². The number of rotatable bonds is 17. The lowest BCUT2D eigenvalue weighted by Crippen LogP contribution is -1.87. The molecule has 0 aromatic heterocycles. The van der Waals surface area contributed by atoms with E-state index in [1.807, 2.05) is 0 Å². The van der Waals surface area contributed by atoms with Crippen LogP contribution in [-0.2, 0) is 9.36 Å². The van der Waals surface area contributed by atoms with E-state index in [1.54, 1.807) is 0 Å². The van der Waals surface area contributed by atoms with Crippen molar-refractivity contribution in [2.45, 2.75) is 110 Å². The van der Waals surface area contributed by atoms with Crippen LogP contribution in [0, 0.1) is 0 Å². The highest BCUT2D eigenvalue weighted by atomic mass is 31.1. The molecule has 0 spiro atoms. The highest BCUT2D eigenvalue weighted by molar-refractivity contribution is 7.46. The van der Waals surface area contributed by atoms with Gasteiger partial charge in [0.25, 0.3) is 0 Å². The number of carbonyl (C=O) groups is 1. The lowest BCUT2D eigenvalue weighted by Gasteiger charge is -2.03. The van der Waals surface area contributed by atoms with Crippen molar-refractivity contribution in [1.29, 1.82) is 0 Å². The predicted octanol–water partition coefficient (Wildman–Crippen LogP) is 7.07. The molecule has 0 bridgehead atoms. The van der Waals surface area contributed by atoms with E-state index in [0.29, 0.717) is 6.42 Å². The second kappa shape index (κ2) is 17.8. The quantitative estimate of drug-likeness (QED) is 0.212. The number of hydrogen-bond acceptors (Lipinski definition) is 2. The van der Waals surface area contributed by atoms with Crippen molar-refractivity contribution >= 4 is 14.0 Å². The van der Waals surface area contributed by atoms with Crippen LogP contribution in [0.3, 0.4) is 0 Å². The van der Waals surface area contributed by atoms with Gasteiger partial charge in [-0.2, -0.15) is 0 Å². The van der Waals surface area contributed by atoms with Crippen LogP contribution in [0.5, 0.6) is 0 Å². The van der Waals surface area contributed by atoms with Gasteiger partial charge in [-0.15, -0.1) is 0 Å². The SMILES string of the molecule is CCCCCCCCCCCCCCCCCC(=O)P=O. The first-order valence-corrected chi connectivity index (χ1v) is 9.98. The van der Waals surface area contributed by atoms with Gasteiger partial charge in [0.2, 0.25) is 14.0 Å². The molecular weight excluding hydrogens is 279 g/mol. The topological polar surface area (TPSA) is 34.1 Å². The van der Waals surface area contributed by atoms with Crippen LogP contribution in [0.1, 0.15) is 110 Å². The molecule has 0 amide bonds. The summed E-state index contributed by atoms with van der Waals surface area (Å²) in [6, 6.07) is 0. The monoisotopic (exact) mass is 314 g/mol. The van der Waals surface area contributed by atoms with Crippen LogP contribution < -0.4 is 0 Å². The molecule has 0 aromatic rings. The van der Waals surface area contributed by atoms with Crippen molar-refractivity contribution in [2.24, 2.45) is 0 Å². The van der Waals surface area contributed by atoms with Crippen molar-refractivity contribution in [2.75, 3.05) is 0 Å². The molecule has 124 valence electrons. The normalized spacial score (nSPS) is 11.1. The average Bonchev–Trinajstić information content (AvgIpc) is 2.50. The summed E-state index contributed by atoms with van der Waals surface area (Å²) in [5.41, 5.74) is -0.148. The van der Waals surface area contributed by atoms with Gasteiger partial charge in [-0.05, 0) is 6.42 Å². The first kappa shape index (κ1) is 20.8. The Kier molecular flexibility index (Phi) is 17.6. The lowest BCUT2D eigenvalue weighted by atomic mass is 10.0. The number of unbranched alkanes of at least 4 members (excludes halogenated alkanes) is 14. The maximum absolute atomic E-state index is 10.8. The minimum atomic E-state index is -0.312. The summed E-state index contributed by atoms with van der Waals surface area (Å²) < 4.78 is 10.2. The minimum Gasteiger partial charge on any atom is -0.286 e. The molecular formula is C18H35O2P. The van der Waals surface area contributed by atoms with Gasteiger partial charge in [0.05, 0.1) is 0 Å². The summed E-state index contributed by atoms with van der Waals surface area (Å²) in [6.45, 7) is 2.27. The molecule has 0 N–H and O–H groups in total. The first-order chi connectivity index (χ1) is 10.3. The predicted molar refractivity (Wildman–Crippen MR) is 92.2 cm³/mol. The van der Waals surface area contributed by atoms with Gasteiger partial charge in [0.1, 0.15) is 0 Å². The molecule has 0 radical (unpaired) electrons. The van der Waals surface area contributed by atoms with E-state index in [2.05, 4.69) is 6.92 Å². The minimum absolute atomic E-state index is 0.148. The van der Waals surface area contributed by atoms with Gasteiger partial charge < -0.3 is 0 Å². The zero-order valence-electron chi connectivity index (χ0n) is 14.1. The molecule has 0 atom stereocenters. The molecule has 3 heteroatoms. The molecule has 0 saturated carbocycles. The summed E-state index contributed by atoms with van der Waals surface area (Å²) in [6.07, 6.45) is 20.4. The van der Waals surface area contributed by atoms with Crippen molar-refractivity contribution in [1.82, 2.24) is 0 Å². The summed E-state index contributed by atoms with van der Waals surface area (Å²) in [5, 5.41) is 0. The molecule has 0 fully saturated rings. The van der Waals surface area contributed by atoms with Crippen molar-refractivity contribution in [3.05, 3.63) is 0 Å². The van der Waals surface area contributed by atoms with Gasteiger partial charge in [-0.3, -0.25) is 9.36 Å². The van der Waals surface area contributed by atoms with E-state index < -0.39 is 0 Å². The summed E-state index contributed by atoms with van der Waals surface area (Å²) in [4.78, 5) is 10.8. The molecule has 0 aliphatic heterocycles. The molecule has 0 aromatic carbocycles. The zero-order chi connectivity index (χ0) is 15.6. The molecule has 0 rings (SSSR count). The van der Waals surface area contributed by atoms with E-state index in [9.17, 15) is 9.36 Å². The average molecular weight is 314 g/mol. The van der Waals surface area contributed by atoms with Gasteiger partial charge in [0.15, 0.2) is 0 Å². The largest absolute Gasteiger partial charge is 0.286 e. The van der Waals surface area contributed by atoms with Crippen LogP contribution in [0.4, 0.5) is 0 Å². The fourth-order valence-electron chi connectivity index (χ4n) is 2.69. The fraction of sp³-hybridized carbons (Fsp3) is 0.944. The van der Waals surface area contributed by atoms with Crippen LogP contribution in [0.25, 0.3) is 0 Å². The Morgan fingerprint density at radius 2 is 0.952 bits per heavy atom. The number of carbonyl (C=O) groups excluding carboxylic acids is 1. The van der Waals surface area contributed by atoms with Crippen LogP contribution in [0.15, 0.2) is 0 Å². The molecule has 0 aliphatic carbocycles. The zero-order valence-corrected chi connectivity index (χ0v) is 15.0. The van der Waals surface area contributed by atoms with Crippen molar-refractivity contribution in [3.63, 3.8) is 0 Å². The maximum Gasteiger partial charge on any atom is 0.231 e. The third kappa shape index (κ3) is 17.7. The van der Waals surface area contributed by atoms with E-state index in [4.69, 9.17) is 0 Å². The third-order valence-corrected chi connectivity index (χ3v) is 4.52. The first-order valence-electron chi connectivity index (χ1n) is 9.17. The molecule has 0 aliphatic rings. The third-order valence-electron chi connectivity index (χ3n) is 4.10. The van der Waals surface area contributed by atoms with E-state index >= 15 is 0 Å². The van der Waals surface area contributed by atoms with Crippen molar-refractivity contribution in [3.8, 4) is 0 Å². The standard InChI is InChI=1S/C18H35O2P/c1-2-3-4-5-6-7-8-9-10-11-12-13-14-15-16-17-18(19)21-20/h2-17H2,1H3. The Balaban J connectivity index is 2.99. The van der Waals surface area contributed by atoms with E-state index in [-0.39, 0.29) is 14.0 Å². The molecule has 2 nitrogen and oxygen atoms in total. The van der Waals surface area contributed by atoms with Gasteiger partial charge >= 0.3 is 0 Å². The molecule has 21 heavy (non-hydrogen) atoms. The van der Waals surface area contributed by atoms with E-state index in [1.165, 1.54) is 83.5 Å². The van der Waals surface area contributed by atoms with E-state index in [0.717, 1.165) is 12.8 Å². The maximum atomic E-state index is 10.8. The lowest BCUT2D eigenvalue weighted by molar-refractivity contribution is -0.111. The molecule has 0 unspecified atom stereocenters. The Morgan fingerprint density at radius 1 is 0.619 bits per heavy atom. The Morgan fingerprint density at radius 3 is 1.29 bits per heavy atom.